The van der Waals surface area contributed by atoms with E-state index in [1.165, 1.54) is 0 Å². The van der Waals surface area contributed by atoms with Crippen molar-refractivity contribution in [3.8, 4) is 0 Å². The van der Waals surface area contributed by atoms with E-state index in [-0.39, 0.29) is 16.6 Å². The zero-order valence-corrected chi connectivity index (χ0v) is 12.4. The van der Waals surface area contributed by atoms with Gasteiger partial charge in [0.2, 0.25) is 0 Å². The molecule has 1 aromatic heterocycles. The second kappa shape index (κ2) is 7.31. The number of nitrogens with zero attached hydrogens (tertiary/aromatic N) is 2. The number of aliphatic carboxylic acids is 1. The minimum absolute atomic E-state index is 0.0121. The van der Waals surface area contributed by atoms with Gasteiger partial charge in [0.05, 0.1) is 4.92 Å². The van der Waals surface area contributed by atoms with Crippen LogP contribution in [0.1, 0.15) is 5.56 Å². The molecular weight excluding hydrogens is 324 g/mol. The van der Waals surface area contributed by atoms with E-state index in [1.54, 1.807) is 30.3 Å². The van der Waals surface area contributed by atoms with Crippen molar-refractivity contribution in [2.24, 2.45) is 0 Å². The van der Waals surface area contributed by atoms with Crippen LogP contribution in [-0.4, -0.2) is 33.1 Å². The molecule has 2 aromatic rings. The standard InChI is InChI=1S/C13H12N4O5S/c18-11(19)9(6-8-4-2-1-3-5-8)15-12(20)16-13-14-7-10(23-13)17(21)22/h1-5,7,9H,6H2,(H,18,19)(H2,14,15,16,20). The average Bonchev–Trinajstić information content (AvgIpc) is 2.96. The van der Waals surface area contributed by atoms with Gasteiger partial charge in [-0.25, -0.2) is 14.6 Å². The number of hydrogen-bond acceptors (Lipinski definition) is 6. The fraction of sp³-hybridized carbons (Fsp3) is 0.154. The van der Waals surface area contributed by atoms with Crippen molar-refractivity contribution < 1.29 is 19.6 Å². The lowest BCUT2D eigenvalue weighted by Crippen LogP contribution is -2.44. The Labute approximate surface area is 134 Å². The van der Waals surface area contributed by atoms with E-state index in [2.05, 4.69) is 15.6 Å². The summed E-state index contributed by atoms with van der Waals surface area (Å²) >= 11 is 0.679. The molecule has 0 aliphatic heterocycles. The maximum atomic E-state index is 11.8. The molecule has 1 atom stereocenters. The van der Waals surface area contributed by atoms with E-state index in [0.29, 0.717) is 11.3 Å². The molecule has 10 heteroatoms. The van der Waals surface area contributed by atoms with E-state index >= 15 is 0 Å². The predicted molar refractivity (Wildman–Crippen MR) is 82.5 cm³/mol. The highest BCUT2D eigenvalue weighted by atomic mass is 32.1. The summed E-state index contributed by atoms with van der Waals surface area (Å²) in [5.41, 5.74) is 0.755. The van der Waals surface area contributed by atoms with Crippen LogP contribution in [0.5, 0.6) is 0 Å². The fourth-order valence-corrected chi connectivity index (χ4v) is 2.38. The summed E-state index contributed by atoms with van der Waals surface area (Å²) in [6.45, 7) is 0. The van der Waals surface area contributed by atoms with Gasteiger partial charge in [0.25, 0.3) is 0 Å². The van der Waals surface area contributed by atoms with Crippen LogP contribution < -0.4 is 10.6 Å². The quantitative estimate of drug-likeness (QED) is 0.544. The minimum atomic E-state index is -1.19. The van der Waals surface area contributed by atoms with Crippen LogP contribution in [0.25, 0.3) is 0 Å². The molecule has 1 aromatic carbocycles. The Balaban J connectivity index is 1.97. The summed E-state index contributed by atoms with van der Waals surface area (Å²) in [5, 5.41) is 24.1. The molecule has 9 nitrogen and oxygen atoms in total. The summed E-state index contributed by atoms with van der Waals surface area (Å²) in [4.78, 5) is 36.6. The number of hydrogen-bond donors (Lipinski definition) is 3. The molecule has 0 aliphatic carbocycles. The summed E-state index contributed by atoms with van der Waals surface area (Å²) in [6.07, 6.45) is 1.13. The van der Waals surface area contributed by atoms with Crippen LogP contribution in [0, 0.1) is 10.1 Å². The molecule has 1 heterocycles. The van der Waals surface area contributed by atoms with E-state index < -0.39 is 23.0 Å². The molecule has 23 heavy (non-hydrogen) atoms. The predicted octanol–water partition coefficient (Wildman–Crippen LogP) is 1.87. The zero-order valence-electron chi connectivity index (χ0n) is 11.6. The van der Waals surface area contributed by atoms with Gasteiger partial charge in [-0.3, -0.25) is 15.4 Å². The second-order valence-electron chi connectivity index (χ2n) is 4.44. The first-order chi connectivity index (χ1) is 11.0. The molecule has 0 saturated carbocycles. The highest BCUT2D eigenvalue weighted by molar-refractivity contribution is 7.18. The minimum Gasteiger partial charge on any atom is -0.480 e. The number of carboxylic acid groups (broad SMARTS) is 1. The van der Waals surface area contributed by atoms with Crippen molar-refractivity contribution in [3.05, 3.63) is 52.2 Å². The number of rotatable bonds is 6. The molecule has 0 radical (unpaired) electrons. The number of urea groups is 1. The first-order valence-corrected chi connectivity index (χ1v) is 7.22. The van der Waals surface area contributed by atoms with Crippen LogP contribution in [0.2, 0.25) is 0 Å². The number of aromatic nitrogens is 1. The third-order valence-electron chi connectivity index (χ3n) is 2.78. The molecule has 1 unspecified atom stereocenters. The van der Waals surface area contributed by atoms with Gasteiger partial charge in [0, 0.05) is 6.42 Å². The Morgan fingerprint density at radius 1 is 1.35 bits per heavy atom. The van der Waals surface area contributed by atoms with Gasteiger partial charge < -0.3 is 10.4 Å². The maximum absolute atomic E-state index is 11.8. The van der Waals surface area contributed by atoms with Crippen molar-refractivity contribution in [2.45, 2.75) is 12.5 Å². The molecule has 0 spiro atoms. The van der Waals surface area contributed by atoms with E-state index in [0.717, 1.165) is 11.8 Å². The van der Waals surface area contributed by atoms with Gasteiger partial charge in [-0.2, -0.15) is 0 Å². The lowest BCUT2D eigenvalue weighted by molar-refractivity contribution is -0.380. The number of anilines is 1. The van der Waals surface area contributed by atoms with Crippen LogP contribution >= 0.6 is 11.3 Å². The Hall–Kier alpha value is -3.01. The van der Waals surface area contributed by atoms with Crippen molar-refractivity contribution in [3.63, 3.8) is 0 Å². The maximum Gasteiger partial charge on any atom is 0.345 e. The Morgan fingerprint density at radius 3 is 2.61 bits per heavy atom. The Bertz CT molecular complexity index is 718. The van der Waals surface area contributed by atoms with Crippen LogP contribution in [-0.2, 0) is 11.2 Å². The number of nitro groups is 1. The van der Waals surface area contributed by atoms with Crippen molar-refractivity contribution in [2.75, 3.05) is 5.32 Å². The highest BCUT2D eigenvalue weighted by Gasteiger charge is 2.21. The normalized spacial score (nSPS) is 11.5. The molecule has 3 N–H and O–H groups in total. The number of carbonyl (C=O) groups excluding carboxylic acids is 1. The summed E-state index contributed by atoms with van der Waals surface area (Å²) in [7, 11) is 0. The SMILES string of the molecule is O=C(Nc1ncc([N+](=O)[O-])s1)NC(Cc1ccccc1)C(=O)O. The molecule has 0 saturated heterocycles. The first-order valence-electron chi connectivity index (χ1n) is 6.40. The molecule has 0 aliphatic rings. The van der Waals surface area contributed by atoms with E-state index in [1.807, 2.05) is 0 Å². The van der Waals surface area contributed by atoms with E-state index in [4.69, 9.17) is 0 Å². The van der Waals surface area contributed by atoms with Gasteiger partial charge in [-0.05, 0) is 16.9 Å². The monoisotopic (exact) mass is 336 g/mol. The Kier molecular flexibility index (Phi) is 5.20. The zero-order chi connectivity index (χ0) is 16.8. The van der Waals surface area contributed by atoms with Crippen molar-refractivity contribution in [1.29, 1.82) is 0 Å². The number of thiazole rings is 1. The summed E-state index contributed by atoms with van der Waals surface area (Å²) < 4.78 is 0. The van der Waals surface area contributed by atoms with Gasteiger partial charge in [0.15, 0.2) is 5.13 Å². The number of carboxylic acids is 1. The summed E-state index contributed by atoms with van der Waals surface area (Å²) in [6, 6.07) is 6.91. The molecule has 0 bridgehead atoms. The molecule has 2 amide bonds. The molecule has 2 rings (SSSR count). The molecule has 0 fully saturated rings. The van der Waals surface area contributed by atoms with E-state index in [9.17, 15) is 24.8 Å². The first kappa shape index (κ1) is 16.4. The number of nitrogens with one attached hydrogen (secondary N) is 2. The second-order valence-corrected chi connectivity index (χ2v) is 5.45. The van der Waals surface area contributed by atoms with Crippen LogP contribution in [0.3, 0.4) is 0 Å². The number of amides is 2. The molecular formula is C13H12N4O5S. The number of benzene rings is 1. The van der Waals surface area contributed by atoms with Gasteiger partial charge in [-0.15, -0.1) is 0 Å². The number of carbonyl (C=O) groups is 2. The topological polar surface area (TPSA) is 134 Å². The largest absolute Gasteiger partial charge is 0.480 e. The highest BCUT2D eigenvalue weighted by Crippen LogP contribution is 2.24. The van der Waals surface area contributed by atoms with Gasteiger partial charge in [0.1, 0.15) is 12.2 Å². The van der Waals surface area contributed by atoms with Gasteiger partial charge >= 0.3 is 17.0 Å². The van der Waals surface area contributed by atoms with Gasteiger partial charge in [-0.1, -0.05) is 30.3 Å². The third-order valence-corrected chi connectivity index (χ3v) is 3.64. The van der Waals surface area contributed by atoms with Crippen molar-refractivity contribution >= 4 is 33.5 Å². The molecule has 120 valence electrons. The lowest BCUT2D eigenvalue weighted by Gasteiger charge is -2.14. The fourth-order valence-electron chi connectivity index (χ4n) is 1.75. The van der Waals surface area contributed by atoms with Crippen molar-refractivity contribution in [1.82, 2.24) is 10.3 Å². The third kappa shape index (κ3) is 4.74. The average molecular weight is 336 g/mol. The lowest BCUT2D eigenvalue weighted by atomic mass is 10.1. The summed E-state index contributed by atoms with van der Waals surface area (Å²) in [5.74, 6) is -1.19. The Morgan fingerprint density at radius 2 is 2.04 bits per heavy atom. The van der Waals surface area contributed by atoms with Crippen LogP contribution in [0.4, 0.5) is 14.9 Å². The smallest absolute Gasteiger partial charge is 0.345 e. The van der Waals surface area contributed by atoms with Crippen LogP contribution in [0.15, 0.2) is 36.5 Å².